The van der Waals surface area contributed by atoms with Gasteiger partial charge in [-0.15, -0.1) is 0 Å². The van der Waals surface area contributed by atoms with Crippen LogP contribution in [0.25, 0.3) is 0 Å². The third kappa shape index (κ3) is 2.10. The van der Waals surface area contributed by atoms with Gasteiger partial charge in [0.05, 0.1) is 5.56 Å². The third-order valence-electron chi connectivity index (χ3n) is 3.04. The summed E-state index contributed by atoms with van der Waals surface area (Å²) in [6, 6.07) is 5.56. The molecule has 0 aliphatic heterocycles. The summed E-state index contributed by atoms with van der Waals surface area (Å²) in [4.78, 5) is 11.2. The summed E-state index contributed by atoms with van der Waals surface area (Å²) >= 11 is 0. The smallest absolute Gasteiger partial charge is 0.250 e. The average molecular weight is 219 g/mol. The zero-order valence-electron chi connectivity index (χ0n) is 9.36. The van der Waals surface area contributed by atoms with Gasteiger partial charge in [-0.25, -0.2) is 0 Å². The molecule has 0 bridgehead atoms. The van der Waals surface area contributed by atoms with E-state index in [1.807, 2.05) is 0 Å². The maximum Gasteiger partial charge on any atom is 0.250 e. The predicted molar refractivity (Wildman–Crippen MR) is 65.2 cm³/mol. The van der Waals surface area contributed by atoms with Crippen molar-refractivity contribution in [3.8, 4) is 0 Å². The molecule has 0 spiro atoms. The molecule has 86 valence electrons. The van der Waals surface area contributed by atoms with Crippen molar-refractivity contribution in [3.63, 3.8) is 0 Å². The summed E-state index contributed by atoms with van der Waals surface area (Å²) in [5, 5.41) is 3.32. The van der Waals surface area contributed by atoms with Crippen molar-refractivity contribution < 1.29 is 4.79 Å². The first kappa shape index (κ1) is 10.8. The third-order valence-corrected chi connectivity index (χ3v) is 3.04. The second kappa shape index (κ2) is 4.04. The maximum absolute atomic E-state index is 11.2. The first-order chi connectivity index (χ1) is 7.56. The van der Waals surface area contributed by atoms with E-state index in [4.69, 9.17) is 11.5 Å². The molecule has 1 aromatic rings. The Kier molecular flexibility index (Phi) is 2.73. The van der Waals surface area contributed by atoms with Gasteiger partial charge in [0.25, 0.3) is 5.91 Å². The topological polar surface area (TPSA) is 81.1 Å². The largest absolute Gasteiger partial charge is 0.399 e. The fourth-order valence-electron chi connectivity index (χ4n) is 2.14. The molecule has 1 aliphatic carbocycles. The summed E-state index contributed by atoms with van der Waals surface area (Å²) in [7, 11) is 0. The minimum atomic E-state index is -0.421. The van der Waals surface area contributed by atoms with Gasteiger partial charge in [-0.05, 0) is 37.0 Å². The van der Waals surface area contributed by atoms with Gasteiger partial charge in [-0.3, -0.25) is 4.79 Å². The summed E-state index contributed by atoms with van der Waals surface area (Å²) in [6.45, 7) is 2.21. The number of nitrogen functional groups attached to an aromatic ring is 1. The van der Waals surface area contributed by atoms with E-state index in [9.17, 15) is 4.79 Å². The van der Waals surface area contributed by atoms with E-state index in [0.717, 1.165) is 24.4 Å². The van der Waals surface area contributed by atoms with E-state index in [0.29, 0.717) is 17.3 Å². The summed E-state index contributed by atoms with van der Waals surface area (Å²) in [6.07, 6.45) is 2.26. The van der Waals surface area contributed by atoms with Crippen molar-refractivity contribution >= 4 is 17.3 Å². The molecule has 1 fully saturated rings. The van der Waals surface area contributed by atoms with E-state index in [2.05, 4.69) is 12.2 Å². The van der Waals surface area contributed by atoms with Gasteiger partial charge in [0.15, 0.2) is 0 Å². The Labute approximate surface area is 95.0 Å². The van der Waals surface area contributed by atoms with E-state index in [-0.39, 0.29) is 0 Å². The van der Waals surface area contributed by atoms with Crippen LogP contribution in [-0.4, -0.2) is 11.9 Å². The van der Waals surface area contributed by atoms with Gasteiger partial charge < -0.3 is 16.8 Å². The minimum absolute atomic E-state index is 0.421. The molecule has 2 rings (SSSR count). The number of amides is 1. The monoisotopic (exact) mass is 219 g/mol. The fraction of sp³-hybridized carbons (Fsp3) is 0.417. The van der Waals surface area contributed by atoms with Gasteiger partial charge in [-0.2, -0.15) is 0 Å². The summed E-state index contributed by atoms with van der Waals surface area (Å²) in [5.74, 6) is 0.338. The molecule has 4 nitrogen and oxygen atoms in total. The van der Waals surface area contributed by atoms with Crippen LogP contribution in [0.1, 0.15) is 30.1 Å². The van der Waals surface area contributed by atoms with Crippen LogP contribution in [0.15, 0.2) is 18.2 Å². The molecule has 4 heteroatoms. The summed E-state index contributed by atoms with van der Waals surface area (Å²) < 4.78 is 0. The fourth-order valence-corrected chi connectivity index (χ4v) is 2.14. The molecular formula is C12H17N3O. The highest BCUT2D eigenvalue weighted by Gasteiger charge is 2.25. The molecule has 1 amide bonds. The highest BCUT2D eigenvalue weighted by Crippen LogP contribution is 2.31. The summed E-state index contributed by atoms with van der Waals surface area (Å²) in [5.41, 5.74) is 12.9. The highest BCUT2D eigenvalue weighted by atomic mass is 16.1. The molecule has 5 N–H and O–H groups in total. The molecule has 0 aromatic heterocycles. The van der Waals surface area contributed by atoms with Crippen molar-refractivity contribution in [2.24, 2.45) is 11.7 Å². The number of anilines is 2. The van der Waals surface area contributed by atoms with Gasteiger partial charge in [0.1, 0.15) is 0 Å². The number of carbonyl (C=O) groups is 1. The Morgan fingerprint density at radius 2 is 2.12 bits per heavy atom. The van der Waals surface area contributed by atoms with Gasteiger partial charge >= 0.3 is 0 Å². The molecule has 0 radical (unpaired) electrons. The minimum Gasteiger partial charge on any atom is -0.399 e. The molecule has 0 unspecified atom stereocenters. The van der Waals surface area contributed by atoms with Crippen LogP contribution in [0.3, 0.4) is 0 Å². The van der Waals surface area contributed by atoms with Crippen LogP contribution in [-0.2, 0) is 0 Å². The number of hydrogen-bond acceptors (Lipinski definition) is 3. The van der Waals surface area contributed by atoms with Crippen LogP contribution in [0.5, 0.6) is 0 Å². The average Bonchev–Trinajstić information content (AvgIpc) is 2.15. The van der Waals surface area contributed by atoms with Crippen molar-refractivity contribution in [3.05, 3.63) is 23.8 Å². The second-order valence-electron chi connectivity index (χ2n) is 4.59. The lowest BCUT2D eigenvalue weighted by Crippen LogP contribution is -2.34. The maximum atomic E-state index is 11.2. The van der Waals surface area contributed by atoms with E-state index >= 15 is 0 Å². The van der Waals surface area contributed by atoms with Crippen LogP contribution in [0, 0.1) is 5.92 Å². The zero-order valence-corrected chi connectivity index (χ0v) is 9.36. The van der Waals surface area contributed by atoms with Crippen LogP contribution in [0.4, 0.5) is 11.4 Å². The molecule has 0 heterocycles. The Balaban J connectivity index is 2.17. The van der Waals surface area contributed by atoms with Crippen LogP contribution in [0.2, 0.25) is 0 Å². The Morgan fingerprint density at radius 3 is 2.69 bits per heavy atom. The SMILES string of the molecule is CC1CC(Nc2cc(N)ccc2C(N)=O)C1. The van der Waals surface area contributed by atoms with E-state index < -0.39 is 5.91 Å². The molecule has 1 aliphatic rings. The number of carbonyl (C=O) groups excluding carboxylic acids is 1. The standard InChI is InChI=1S/C12H17N3O/c1-7-4-9(5-7)15-11-6-8(13)2-3-10(11)12(14)16/h2-3,6-7,9,15H,4-5,13H2,1H3,(H2,14,16). The van der Waals surface area contributed by atoms with Gasteiger partial charge in [0, 0.05) is 17.4 Å². The molecular weight excluding hydrogens is 202 g/mol. The van der Waals surface area contributed by atoms with Crippen molar-refractivity contribution in [1.82, 2.24) is 0 Å². The Bertz CT molecular complexity index is 411. The quantitative estimate of drug-likeness (QED) is 0.675. The molecule has 1 saturated carbocycles. The number of primary amides is 1. The number of rotatable bonds is 3. The highest BCUT2D eigenvalue weighted by molar-refractivity contribution is 5.99. The Morgan fingerprint density at radius 1 is 1.44 bits per heavy atom. The van der Waals surface area contributed by atoms with Crippen LogP contribution >= 0.6 is 0 Å². The number of nitrogens with one attached hydrogen (secondary N) is 1. The number of benzene rings is 1. The first-order valence-corrected chi connectivity index (χ1v) is 5.52. The normalized spacial score (nSPS) is 23.6. The van der Waals surface area contributed by atoms with Crippen LogP contribution < -0.4 is 16.8 Å². The Hall–Kier alpha value is -1.71. The number of hydrogen-bond donors (Lipinski definition) is 3. The van der Waals surface area contributed by atoms with Crippen molar-refractivity contribution in [2.45, 2.75) is 25.8 Å². The first-order valence-electron chi connectivity index (χ1n) is 5.52. The lowest BCUT2D eigenvalue weighted by molar-refractivity contribution is 0.100. The lowest BCUT2D eigenvalue weighted by atomic mass is 9.81. The van der Waals surface area contributed by atoms with Crippen molar-refractivity contribution in [1.29, 1.82) is 0 Å². The van der Waals surface area contributed by atoms with Gasteiger partial charge in [-0.1, -0.05) is 6.92 Å². The molecule has 1 aromatic carbocycles. The number of nitrogens with two attached hydrogens (primary N) is 2. The zero-order chi connectivity index (χ0) is 11.7. The predicted octanol–water partition coefficient (Wildman–Crippen LogP) is 1.58. The van der Waals surface area contributed by atoms with E-state index in [1.165, 1.54) is 0 Å². The van der Waals surface area contributed by atoms with E-state index in [1.54, 1.807) is 18.2 Å². The molecule has 0 atom stereocenters. The lowest BCUT2D eigenvalue weighted by Gasteiger charge is -2.34. The second-order valence-corrected chi connectivity index (χ2v) is 4.59. The molecule has 0 saturated heterocycles. The van der Waals surface area contributed by atoms with Gasteiger partial charge in [0.2, 0.25) is 0 Å². The van der Waals surface area contributed by atoms with Crippen molar-refractivity contribution in [2.75, 3.05) is 11.1 Å². The molecule has 16 heavy (non-hydrogen) atoms.